The first-order valence-electron chi connectivity index (χ1n) is 10.3. The van der Waals surface area contributed by atoms with Gasteiger partial charge in [-0.05, 0) is 42.8 Å². The predicted octanol–water partition coefficient (Wildman–Crippen LogP) is 3.31. The van der Waals surface area contributed by atoms with Crippen LogP contribution in [0.5, 0.6) is 5.75 Å². The zero-order chi connectivity index (χ0) is 21.8. The number of fused-ring (bicyclic) bond motifs is 1. The van der Waals surface area contributed by atoms with E-state index < -0.39 is 0 Å². The molecular weight excluding hydrogens is 394 g/mol. The van der Waals surface area contributed by atoms with Crippen LogP contribution in [0.3, 0.4) is 0 Å². The van der Waals surface area contributed by atoms with Crippen molar-refractivity contribution in [3.63, 3.8) is 0 Å². The summed E-state index contributed by atoms with van der Waals surface area (Å²) in [6.07, 6.45) is 3.01. The number of methoxy groups -OCH3 is 1. The van der Waals surface area contributed by atoms with Gasteiger partial charge in [-0.15, -0.1) is 0 Å². The minimum atomic E-state index is -0.0538. The fourth-order valence-electron chi connectivity index (χ4n) is 3.57. The van der Waals surface area contributed by atoms with Gasteiger partial charge in [-0.3, -0.25) is 9.59 Å². The first kappa shape index (κ1) is 20.6. The Labute approximate surface area is 180 Å². The number of benzene rings is 2. The Bertz CT molecular complexity index is 1100. The highest BCUT2D eigenvalue weighted by atomic mass is 16.5. The molecule has 1 aromatic heterocycles. The third-order valence-corrected chi connectivity index (χ3v) is 5.34. The highest BCUT2D eigenvalue weighted by Gasteiger charge is 2.27. The monoisotopic (exact) mass is 419 g/mol. The number of ether oxygens (including phenoxy) is 1. The topological polar surface area (TPSA) is 96.5 Å². The molecule has 0 aliphatic carbocycles. The smallest absolute Gasteiger partial charge is 0.253 e. The summed E-state index contributed by atoms with van der Waals surface area (Å²) in [5.41, 5.74) is 2.09. The van der Waals surface area contributed by atoms with Gasteiger partial charge in [0.2, 0.25) is 11.9 Å². The van der Waals surface area contributed by atoms with Crippen molar-refractivity contribution < 1.29 is 14.3 Å². The SMILES string of the molecule is CCC(=O)Nc1ccc(C(=O)N2CC[C@@H](Nc3ncc4ccc(OC)cc4n3)C2)cc1. The van der Waals surface area contributed by atoms with Gasteiger partial charge in [-0.25, -0.2) is 9.97 Å². The number of amides is 2. The molecule has 2 amide bonds. The lowest BCUT2D eigenvalue weighted by Crippen LogP contribution is -2.31. The van der Waals surface area contributed by atoms with Crippen LogP contribution in [-0.2, 0) is 4.79 Å². The van der Waals surface area contributed by atoms with Gasteiger partial charge in [0.1, 0.15) is 5.75 Å². The van der Waals surface area contributed by atoms with Gasteiger partial charge in [0.05, 0.1) is 12.6 Å². The van der Waals surface area contributed by atoms with E-state index in [0.29, 0.717) is 36.7 Å². The molecule has 2 heterocycles. The summed E-state index contributed by atoms with van der Waals surface area (Å²) in [5.74, 6) is 1.20. The Hall–Kier alpha value is -3.68. The standard InChI is InChI=1S/C23H25N5O3/c1-3-21(29)25-17-7-4-15(5-8-17)22(30)28-11-10-18(14-28)26-23-24-13-16-6-9-19(31-2)12-20(16)27-23/h4-9,12-13,18H,3,10-11,14H2,1-2H3,(H,25,29)(H,24,26,27)/t18-/m1/s1. The first-order chi connectivity index (χ1) is 15.1. The van der Waals surface area contributed by atoms with Crippen molar-refractivity contribution in [1.29, 1.82) is 0 Å². The van der Waals surface area contributed by atoms with E-state index in [4.69, 9.17) is 4.74 Å². The van der Waals surface area contributed by atoms with Crippen molar-refractivity contribution in [3.05, 3.63) is 54.2 Å². The largest absolute Gasteiger partial charge is 0.497 e. The third-order valence-electron chi connectivity index (χ3n) is 5.34. The lowest BCUT2D eigenvalue weighted by Gasteiger charge is -2.17. The van der Waals surface area contributed by atoms with E-state index in [1.54, 1.807) is 44.5 Å². The summed E-state index contributed by atoms with van der Waals surface area (Å²) >= 11 is 0. The van der Waals surface area contributed by atoms with E-state index >= 15 is 0 Å². The van der Waals surface area contributed by atoms with Crippen LogP contribution in [0.4, 0.5) is 11.6 Å². The van der Waals surface area contributed by atoms with Gasteiger partial charge >= 0.3 is 0 Å². The number of hydrogen-bond acceptors (Lipinski definition) is 6. The van der Waals surface area contributed by atoms with Gasteiger partial charge < -0.3 is 20.3 Å². The zero-order valence-electron chi connectivity index (χ0n) is 17.6. The molecule has 0 radical (unpaired) electrons. The number of carbonyl (C=O) groups is 2. The normalized spacial score (nSPS) is 15.7. The van der Waals surface area contributed by atoms with E-state index in [1.807, 2.05) is 23.1 Å². The molecule has 2 N–H and O–H groups in total. The van der Waals surface area contributed by atoms with Crippen molar-refractivity contribution in [2.75, 3.05) is 30.8 Å². The van der Waals surface area contributed by atoms with Crippen LogP contribution in [0.15, 0.2) is 48.7 Å². The molecule has 2 aromatic carbocycles. The quantitative estimate of drug-likeness (QED) is 0.636. The molecule has 1 atom stereocenters. The Morgan fingerprint density at radius 2 is 2.00 bits per heavy atom. The van der Waals surface area contributed by atoms with E-state index in [0.717, 1.165) is 23.1 Å². The van der Waals surface area contributed by atoms with Crippen LogP contribution in [0.25, 0.3) is 10.9 Å². The summed E-state index contributed by atoms with van der Waals surface area (Å²) in [6, 6.07) is 12.8. The minimum absolute atomic E-state index is 0.0261. The molecule has 31 heavy (non-hydrogen) atoms. The Morgan fingerprint density at radius 3 is 2.74 bits per heavy atom. The van der Waals surface area contributed by atoms with Crippen LogP contribution < -0.4 is 15.4 Å². The van der Waals surface area contributed by atoms with Crippen molar-refractivity contribution in [2.24, 2.45) is 0 Å². The maximum atomic E-state index is 12.8. The highest BCUT2D eigenvalue weighted by molar-refractivity contribution is 5.96. The number of rotatable bonds is 6. The molecular formula is C23H25N5O3. The summed E-state index contributed by atoms with van der Waals surface area (Å²) in [6.45, 7) is 3.03. The second kappa shape index (κ2) is 8.99. The maximum absolute atomic E-state index is 12.8. The fourth-order valence-corrected chi connectivity index (χ4v) is 3.57. The molecule has 1 fully saturated rings. The van der Waals surface area contributed by atoms with Gasteiger partial charge in [0.25, 0.3) is 5.91 Å². The maximum Gasteiger partial charge on any atom is 0.253 e. The molecule has 1 aliphatic rings. The summed E-state index contributed by atoms with van der Waals surface area (Å²) in [7, 11) is 1.63. The molecule has 8 nitrogen and oxygen atoms in total. The fraction of sp³-hybridized carbons (Fsp3) is 0.304. The molecule has 0 unspecified atom stereocenters. The van der Waals surface area contributed by atoms with Crippen molar-refractivity contribution >= 4 is 34.4 Å². The molecule has 8 heteroatoms. The van der Waals surface area contributed by atoms with E-state index in [2.05, 4.69) is 20.6 Å². The van der Waals surface area contributed by atoms with Crippen molar-refractivity contribution in [2.45, 2.75) is 25.8 Å². The lowest BCUT2D eigenvalue weighted by molar-refractivity contribution is -0.115. The summed E-state index contributed by atoms with van der Waals surface area (Å²) in [4.78, 5) is 35.1. The number of carbonyl (C=O) groups excluding carboxylic acids is 2. The summed E-state index contributed by atoms with van der Waals surface area (Å²) in [5, 5.41) is 7.06. The molecule has 1 saturated heterocycles. The van der Waals surface area contributed by atoms with Crippen LogP contribution in [0.1, 0.15) is 30.1 Å². The number of anilines is 2. The van der Waals surface area contributed by atoms with Crippen LogP contribution in [0, 0.1) is 0 Å². The number of nitrogens with one attached hydrogen (secondary N) is 2. The molecule has 3 aromatic rings. The van der Waals surface area contributed by atoms with Crippen molar-refractivity contribution in [3.8, 4) is 5.75 Å². The molecule has 1 aliphatic heterocycles. The van der Waals surface area contributed by atoms with E-state index in [1.165, 1.54) is 0 Å². The average molecular weight is 419 g/mol. The van der Waals surface area contributed by atoms with Gasteiger partial charge in [0, 0.05) is 54.5 Å². The predicted molar refractivity (Wildman–Crippen MR) is 119 cm³/mol. The Balaban J connectivity index is 1.38. The zero-order valence-corrected chi connectivity index (χ0v) is 17.6. The number of likely N-dealkylation sites (tertiary alicyclic amines) is 1. The lowest BCUT2D eigenvalue weighted by atomic mass is 10.2. The van der Waals surface area contributed by atoms with E-state index in [9.17, 15) is 9.59 Å². The van der Waals surface area contributed by atoms with Gasteiger partial charge in [0.15, 0.2) is 0 Å². The second-order valence-corrected chi connectivity index (χ2v) is 7.48. The second-order valence-electron chi connectivity index (χ2n) is 7.48. The molecule has 0 saturated carbocycles. The summed E-state index contributed by atoms with van der Waals surface area (Å²) < 4.78 is 5.26. The average Bonchev–Trinajstić information content (AvgIpc) is 3.27. The number of nitrogens with zero attached hydrogens (tertiary/aromatic N) is 3. The van der Waals surface area contributed by atoms with Gasteiger partial charge in [-0.1, -0.05) is 6.92 Å². The number of aromatic nitrogens is 2. The highest BCUT2D eigenvalue weighted by Crippen LogP contribution is 2.21. The van der Waals surface area contributed by atoms with E-state index in [-0.39, 0.29) is 17.9 Å². The Kier molecular flexibility index (Phi) is 5.97. The molecule has 4 rings (SSSR count). The first-order valence-corrected chi connectivity index (χ1v) is 10.3. The van der Waals surface area contributed by atoms with Crippen molar-refractivity contribution in [1.82, 2.24) is 14.9 Å². The van der Waals surface area contributed by atoms with Crippen LogP contribution >= 0.6 is 0 Å². The van der Waals surface area contributed by atoms with Crippen LogP contribution in [-0.4, -0.2) is 52.9 Å². The third kappa shape index (κ3) is 4.74. The van der Waals surface area contributed by atoms with Gasteiger partial charge in [-0.2, -0.15) is 0 Å². The molecule has 160 valence electrons. The minimum Gasteiger partial charge on any atom is -0.497 e. The van der Waals surface area contributed by atoms with Crippen LogP contribution in [0.2, 0.25) is 0 Å². The number of hydrogen-bond donors (Lipinski definition) is 2. The molecule has 0 spiro atoms. The Morgan fingerprint density at radius 1 is 1.19 bits per heavy atom. The molecule has 0 bridgehead atoms.